The molecule has 9 heteroatoms. The van der Waals surface area contributed by atoms with Crippen molar-refractivity contribution in [1.29, 1.82) is 0 Å². The van der Waals surface area contributed by atoms with Gasteiger partial charge in [0.05, 0.1) is 10.6 Å². The molecule has 0 spiro atoms. The first kappa shape index (κ1) is 17.4. The van der Waals surface area contributed by atoms with Crippen molar-refractivity contribution in [2.24, 2.45) is 0 Å². The molecule has 132 valence electrons. The van der Waals surface area contributed by atoms with Crippen LogP contribution in [0.25, 0.3) is 0 Å². The molecule has 0 aliphatic carbocycles. The van der Waals surface area contributed by atoms with E-state index < -0.39 is 4.92 Å². The number of halogens is 1. The Balaban J connectivity index is 1.68. The van der Waals surface area contributed by atoms with Crippen LogP contribution in [0, 0.1) is 10.1 Å². The van der Waals surface area contributed by atoms with Gasteiger partial charge >= 0.3 is 0 Å². The number of rotatable bonds is 3. The fourth-order valence-electron chi connectivity index (χ4n) is 3.17. The van der Waals surface area contributed by atoms with Gasteiger partial charge in [0.2, 0.25) is 0 Å². The summed E-state index contributed by atoms with van der Waals surface area (Å²) in [5.41, 5.74) is 1.53. The van der Waals surface area contributed by atoms with Crippen LogP contribution in [0.3, 0.4) is 0 Å². The number of nitro groups is 1. The van der Waals surface area contributed by atoms with Crippen LogP contribution in [0.5, 0.6) is 0 Å². The summed E-state index contributed by atoms with van der Waals surface area (Å²) in [6.07, 6.45) is 0. The molecule has 0 aromatic heterocycles. The Morgan fingerprint density at radius 2 is 1.96 bits per heavy atom. The largest absolute Gasteiger partial charge is 0.319 e. The zero-order valence-corrected chi connectivity index (χ0v) is 16.5. The molecule has 4 rings (SSSR count). The summed E-state index contributed by atoms with van der Waals surface area (Å²) in [4.78, 5) is 27.0. The van der Waals surface area contributed by atoms with E-state index in [9.17, 15) is 14.9 Å². The summed E-state index contributed by atoms with van der Waals surface area (Å²) < 4.78 is 0.921. The van der Waals surface area contributed by atoms with Crippen molar-refractivity contribution in [3.05, 3.63) is 68.7 Å². The summed E-state index contributed by atoms with van der Waals surface area (Å²) >= 11 is 10.6. The number of carbonyl (C=O) groups is 1. The average Bonchev–Trinajstić information content (AvgIpc) is 3.17. The molecular weight excluding hydrogens is 438 g/mol. The van der Waals surface area contributed by atoms with Crippen molar-refractivity contribution < 1.29 is 9.72 Å². The second-order valence-electron chi connectivity index (χ2n) is 5.89. The second-order valence-corrected chi connectivity index (χ2v) is 8.29. The monoisotopic (exact) mass is 449 g/mol. The Morgan fingerprint density at radius 3 is 2.65 bits per heavy atom. The SMILES string of the molecule is O=C1C2CSC(c3cccc([N+](=O)[O-])c3)N2C(=S)N1c1ccc(Br)cc1. The summed E-state index contributed by atoms with van der Waals surface area (Å²) in [5, 5.41) is 11.3. The Bertz CT molecular complexity index is 922. The molecule has 2 aromatic rings. The van der Waals surface area contributed by atoms with Crippen molar-refractivity contribution in [3.63, 3.8) is 0 Å². The van der Waals surface area contributed by atoms with Crippen LogP contribution in [0.2, 0.25) is 0 Å². The molecule has 0 saturated carbocycles. The van der Waals surface area contributed by atoms with Crippen LogP contribution in [-0.4, -0.2) is 32.6 Å². The van der Waals surface area contributed by atoms with Gasteiger partial charge in [0.25, 0.3) is 11.6 Å². The van der Waals surface area contributed by atoms with Gasteiger partial charge in [-0.15, -0.1) is 11.8 Å². The van der Waals surface area contributed by atoms with E-state index in [2.05, 4.69) is 15.9 Å². The minimum Gasteiger partial charge on any atom is -0.319 e. The van der Waals surface area contributed by atoms with E-state index in [-0.39, 0.29) is 23.0 Å². The van der Waals surface area contributed by atoms with E-state index >= 15 is 0 Å². The van der Waals surface area contributed by atoms with E-state index in [1.807, 2.05) is 35.2 Å². The predicted molar refractivity (Wildman–Crippen MR) is 108 cm³/mol. The first-order valence-electron chi connectivity index (χ1n) is 7.75. The van der Waals surface area contributed by atoms with E-state index in [0.717, 1.165) is 15.7 Å². The maximum absolute atomic E-state index is 12.9. The van der Waals surface area contributed by atoms with E-state index in [1.54, 1.807) is 28.8 Å². The number of anilines is 1. The lowest BCUT2D eigenvalue weighted by atomic mass is 10.1. The Kier molecular flexibility index (Phi) is 4.45. The van der Waals surface area contributed by atoms with Crippen LogP contribution in [0.4, 0.5) is 11.4 Å². The van der Waals surface area contributed by atoms with Gasteiger partial charge in [0.15, 0.2) is 5.11 Å². The van der Waals surface area contributed by atoms with Gasteiger partial charge in [-0.05, 0) is 42.0 Å². The smallest absolute Gasteiger partial charge is 0.269 e. The molecule has 0 bridgehead atoms. The molecule has 6 nitrogen and oxygen atoms in total. The molecule has 2 aromatic carbocycles. The van der Waals surface area contributed by atoms with Gasteiger partial charge in [-0.3, -0.25) is 19.8 Å². The van der Waals surface area contributed by atoms with E-state index in [4.69, 9.17) is 12.2 Å². The van der Waals surface area contributed by atoms with Gasteiger partial charge in [0.1, 0.15) is 11.4 Å². The fraction of sp³-hybridized carbons (Fsp3) is 0.176. The highest BCUT2D eigenvalue weighted by Gasteiger charge is 2.50. The highest BCUT2D eigenvalue weighted by atomic mass is 79.9. The lowest BCUT2D eigenvalue weighted by Gasteiger charge is -2.25. The van der Waals surface area contributed by atoms with Crippen LogP contribution in [0.15, 0.2) is 53.0 Å². The molecular formula is C17H12BrN3O3S2. The normalized spacial score (nSPS) is 22.0. The second kappa shape index (κ2) is 6.64. The van der Waals surface area contributed by atoms with Crippen LogP contribution >= 0.6 is 39.9 Å². The van der Waals surface area contributed by atoms with Crippen LogP contribution in [0.1, 0.15) is 10.9 Å². The van der Waals surface area contributed by atoms with Crippen molar-refractivity contribution in [2.75, 3.05) is 10.7 Å². The minimum absolute atomic E-state index is 0.0350. The molecule has 2 saturated heterocycles. The molecule has 2 atom stereocenters. The van der Waals surface area contributed by atoms with Gasteiger partial charge in [-0.25, -0.2) is 0 Å². The van der Waals surface area contributed by atoms with Crippen molar-refractivity contribution in [1.82, 2.24) is 4.90 Å². The van der Waals surface area contributed by atoms with Gasteiger partial charge in [-0.1, -0.05) is 28.1 Å². The third-order valence-electron chi connectivity index (χ3n) is 4.37. The first-order chi connectivity index (χ1) is 12.5. The molecule has 2 fully saturated rings. The predicted octanol–water partition coefficient (Wildman–Crippen LogP) is 4.11. The minimum atomic E-state index is -0.414. The molecule has 1 amide bonds. The fourth-order valence-corrected chi connectivity index (χ4v) is 5.34. The molecule has 2 aliphatic rings. The topological polar surface area (TPSA) is 66.7 Å². The molecule has 2 aliphatic heterocycles. The number of thioether (sulfide) groups is 1. The number of nitro benzene ring substituents is 1. The summed E-state index contributed by atoms with van der Waals surface area (Å²) in [6, 6.07) is 13.6. The zero-order chi connectivity index (χ0) is 18.4. The van der Waals surface area contributed by atoms with Gasteiger partial charge in [0, 0.05) is 22.4 Å². The molecule has 2 heterocycles. The molecule has 0 radical (unpaired) electrons. The first-order valence-corrected chi connectivity index (χ1v) is 10.00. The Hall–Kier alpha value is -1.97. The summed E-state index contributed by atoms with van der Waals surface area (Å²) in [5.74, 6) is 0.539. The third-order valence-corrected chi connectivity index (χ3v) is 6.61. The van der Waals surface area contributed by atoms with E-state index in [0.29, 0.717) is 10.9 Å². The lowest BCUT2D eigenvalue weighted by Crippen LogP contribution is -2.33. The van der Waals surface area contributed by atoms with Crippen molar-refractivity contribution in [2.45, 2.75) is 11.4 Å². The lowest BCUT2D eigenvalue weighted by molar-refractivity contribution is -0.384. The number of thiocarbonyl (C=S) groups is 1. The highest BCUT2D eigenvalue weighted by molar-refractivity contribution is 9.10. The highest BCUT2D eigenvalue weighted by Crippen LogP contribution is 2.46. The Morgan fingerprint density at radius 1 is 1.23 bits per heavy atom. The van der Waals surface area contributed by atoms with Crippen LogP contribution in [-0.2, 0) is 4.79 Å². The number of hydrogen-bond donors (Lipinski definition) is 0. The van der Waals surface area contributed by atoms with Gasteiger partial charge in [-0.2, -0.15) is 0 Å². The standard InChI is InChI=1S/C17H12BrN3O3S2/c18-11-4-6-12(7-5-11)19-15(22)14-9-26-16(20(14)17(19)25)10-2-1-3-13(8-10)21(23)24/h1-8,14,16H,9H2. The van der Waals surface area contributed by atoms with E-state index in [1.165, 1.54) is 6.07 Å². The number of hydrogen-bond acceptors (Lipinski definition) is 5. The maximum atomic E-state index is 12.9. The third kappa shape index (κ3) is 2.80. The maximum Gasteiger partial charge on any atom is 0.269 e. The quantitative estimate of drug-likeness (QED) is 0.399. The number of fused-ring (bicyclic) bond motifs is 1. The summed E-state index contributed by atoms with van der Waals surface area (Å²) in [6.45, 7) is 0. The van der Waals surface area contributed by atoms with Crippen molar-refractivity contribution in [3.8, 4) is 0 Å². The Labute approximate surface area is 167 Å². The molecule has 0 N–H and O–H groups in total. The molecule has 2 unspecified atom stereocenters. The number of amides is 1. The van der Waals surface area contributed by atoms with Crippen LogP contribution < -0.4 is 4.90 Å². The zero-order valence-electron chi connectivity index (χ0n) is 13.2. The number of carbonyl (C=O) groups excluding carboxylic acids is 1. The van der Waals surface area contributed by atoms with Gasteiger partial charge < -0.3 is 4.90 Å². The number of nitrogens with zero attached hydrogens (tertiary/aromatic N) is 3. The average molecular weight is 450 g/mol. The van der Waals surface area contributed by atoms with Crippen molar-refractivity contribution >= 4 is 62.3 Å². The summed E-state index contributed by atoms with van der Waals surface area (Å²) in [7, 11) is 0. The number of non-ortho nitro benzene ring substituents is 1. The number of benzene rings is 2. The molecule has 26 heavy (non-hydrogen) atoms.